The molecule has 2 N–H and O–H groups in total. The highest BCUT2D eigenvalue weighted by Crippen LogP contribution is 2.06. The molecule has 0 unspecified atom stereocenters. The van der Waals surface area contributed by atoms with Crippen molar-refractivity contribution in [2.24, 2.45) is 0 Å². The average molecular weight is 260 g/mol. The quantitative estimate of drug-likeness (QED) is 0.822. The Kier molecular flexibility index (Phi) is 4.49. The first-order valence-electron chi connectivity index (χ1n) is 6.07. The molecular weight excluding hydrogens is 244 g/mol. The van der Waals surface area contributed by atoms with Crippen LogP contribution in [0.5, 0.6) is 0 Å². The molecule has 100 valence electrons. The number of amides is 1. The van der Waals surface area contributed by atoms with Crippen LogP contribution in [0.1, 0.15) is 17.7 Å². The smallest absolute Gasteiger partial charge is 0.222 e. The van der Waals surface area contributed by atoms with Gasteiger partial charge in [0.25, 0.3) is 0 Å². The van der Waals surface area contributed by atoms with Crippen LogP contribution in [0, 0.1) is 6.92 Å². The summed E-state index contributed by atoms with van der Waals surface area (Å²) in [5.41, 5.74) is 0.982. The van der Waals surface area contributed by atoms with Gasteiger partial charge in [0, 0.05) is 38.0 Å². The molecule has 2 rings (SSSR count). The van der Waals surface area contributed by atoms with Crippen molar-refractivity contribution in [1.29, 1.82) is 0 Å². The minimum Gasteiger partial charge on any atom is -0.367 e. The van der Waals surface area contributed by atoms with Crippen molar-refractivity contribution in [3.8, 4) is 0 Å². The molecule has 0 aromatic carbocycles. The van der Waals surface area contributed by atoms with E-state index < -0.39 is 0 Å². The van der Waals surface area contributed by atoms with Crippen LogP contribution in [0.2, 0.25) is 0 Å². The van der Waals surface area contributed by atoms with Gasteiger partial charge in [-0.25, -0.2) is 0 Å². The van der Waals surface area contributed by atoms with E-state index in [4.69, 9.17) is 4.52 Å². The molecule has 0 atom stereocenters. The maximum Gasteiger partial charge on any atom is 0.222 e. The first kappa shape index (κ1) is 13.1. The third-order valence-corrected chi connectivity index (χ3v) is 2.50. The summed E-state index contributed by atoms with van der Waals surface area (Å²) < 4.78 is 4.91. The third kappa shape index (κ3) is 4.42. The van der Waals surface area contributed by atoms with Gasteiger partial charge in [0.05, 0.1) is 0 Å². The number of carbonyl (C=O) groups excluding carboxylic acids is 1. The monoisotopic (exact) mass is 260 g/mol. The molecule has 0 radical (unpaired) electrons. The Labute approximate surface area is 111 Å². The minimum absolute atomic E-state index is 0.0171. The van der Waals surface area contributed by atoms with Crippen LogP contribution in [-0.4, -0.2) is 22.6 Å². The maximum atomic E-state index is 11.6. The Hall–Kier alpha value is -2.37. The molecule has 0 spiro atoms. The third-order valence-electron chi connectivity index (χ3n) is 2.50. The number of hydrogen-bond donors (Lipinski definition) is 2. The van der Waals surface area contributed by atoms with E-state index in [0.29, 0.717) is 25.3 Å². The van der Waals surface area contributed by atoms with Crippen molar-refractivity contribution in [2.45, 2.75) is 19.9 Å². The van der Waals surface area contributed by atoms with Gasteiger partial charge in [-0.1, -0.05) is 11.2 Å². The van der Waals surface area contributed by atoms with Gasteiger partial charge in [0.2, 0.25) is 5.91 Å². The van der Waals surface area contributed by atoms with E-state index in [1.54, 1.807) is 18.5 Å². The average Bonchev–Trinajstić information content (AvgIpc) is 2.83. The Bertz CT molecular complexity index is 524. The lowest BCUT2D eigenvalue weighted by Crippen LogP contribution is -2.24. The molecule has 0 fully saturated rings. The maximum absolute atomic E-state index is 11.6. The van der Waals surface area contributed by atoms with E-state index in [0.717, 1.165) is 11.3 Å². The molecular formula is C13H16N4O2. The number of aromatic nitrogens is 2. The van der Waals surface area contributed by atoms with Crippen molar-refractivity contribution in [3.63, 3.8) is 0 Å². The molecule has 0 saturated carbocycles. The molecule has 0 aliphatic heterocycles. The van der Waals surface area contributed by atoms with E-state index in [2.05, 4.69) is 20.8 Å². The summed E-state index contributed by atoms with van der Waals surface area (Å²) in [4.78, 5) is 15.6. The second-order valence-corrected chi connectivity index (χ2v) is 4.14. The van der Waals surface area contributed by atoms with Gasteiger partial charge in [0.15, 0.2) is 5.82 Å². The highest BCUT2D eigenvalue weighted by atomic mass is 16.5. The van der Waals surface area contributed by atoms with Crippen molar-refractivity contribution < 1.29 is 9.32 Å². The summed E-state index contributed by atoms with van der Waals surface area (Å²) in [6.45, 7) is 2.83. The Morgan fingerprint density at radius 3 is 3.05 bits per heavy atom. The molecule has 0 aliphatic carbocycles. The van der Waals surface area contributed by atoms with Crippen LogP contribution in [0.25, 0.3) is 0 Å². The van der Waals surface area contributed by atoms with Gasteiger partial charge in [-0.2, -0.15) is 0 Å². The Balaban J connectivity index is 1.65. The number of aryl methyl sites for hydroxylation is 1. The van der Waals surface area contributed by atoms with Crippen molar-refractivity contribution >= 4 is 11.7 Å². The number of anilines is 1. The molecule has 6 heteroatoms. The van der Waals surface area contributed by atoms with E-state index >= 15 is 0 Å². The number of nitrogens with one attached hydrogen (secondary N) is 2. The van der Waals surface area contributed by atoms with Gasteiger partial charge < -0.3 is 15.2 Å². The standard InChI is InChI=1S/C13H16N4O2/c1-10-7-12(17-19-10)15-6-4-13(18)16-9-11-3-2-5-14-8-11/h2-3,5,7-8H,4,6,9H2,1H3,(H,15,17)(H,16,18). The number of nitrogens with zero attached hydrogens (tertiary/aromatic N) is 2. The number of carbonyl (C=O) groups is 1. The normalized spacial score (nSPS) is 10.2. The summed E-state index contributed by atoms with van der Waals surface area (Å²) in [5, 5.41) is 9.62. The van der Waals surface area contributed by atoms with E-state index in [1.165, 1.54) is 0 Å². The van der Waals surface area contributed by atoms with Gasteiger partial charge >= 0.3 is 0 Å². The summed E-state index contributed by atoms with van der Waals surface area (Å²) in [7, 11) is 0. The molecule has 0 bridgehead atoms. The zero-order chi connectivity index (χ0) is 13.5. The largest absolute Gasteiger partial charge is 0.367 e. The minimum atomic E-state index is -0.0171. The van der Waals surface area contributed by atoms with E-state index in [1.807, 2.05) is 19.1 Å². The van der Waals surface area contributed by atoms with Crippen LogP contribution in [0.15, 0.2) is 35.1 Å². The zero-order valence-corrected chi connectivity index (χ0v) is 10.7. The predicted molar refractivity (Wildman–Crippen MR) is 70.4 cm³/mol. The molecule has 19 heavy (non-hydrogen) atoms. The topological polar surface area (TPSA) is 80.0 Å². The van der Waals surface area contributed by atoms with Gasteiger partial charge in [-0.05, 0) is 18.6 Å². The van der Waals surface area contributed by atoms with Crippen molar-refractivity contribution in [2.75, 3.05) is 11.9 Å². The van der Waals surface area contributed by atoms with Crippen LogP contribution in [-0.2, 0) is 11.3 Å². The molecule has 2 aromatic rings. The number of hydrogen-bond acceptors (Lipinski definition) is 5. The second-order valence-electron chi connectivity index (χ2n) is 4.14. The second kappa shape index (κ2) is 6.53. The Morgan fingerprint density at radius 2 is 2.37 bits per heavy atom. The number of pyridine rings is 1. The van der Waals surface area contributed by atoms with Gasteiger partial charge in [0.1, 0.15) is 5.76 Å². The molecule has 6 nitrogen and oxygen atoms in total. The van der Waals surface area contributed by atoms with Crippen LogP contribution < -0.4 is 10.6 Å². The molecule has 2 heterocycles. The van der Waals surface area contributed by atoms with E-state index in [-0.39, 0.29) is 5.91 Å². The van der Waals surface area contributed by atoms with Crippen LogP contribution in [0.3, 0.4) is 0 Å². The summed E-state index contributed by atoms with van der Waals surface area (Å²) in [6.07, 6.45) is 3.82. The lowest BCUT2D eigenvalue weighted by molar-refractivity contribution is -0.121. The first-order valence-corrected chi connectivity index (χ1v) is 6.07. The summed E-state index contributed by atoms with van der Waals surface area (Å²) >= 11 is 0. The lowest BCUT2D eigenvalue weighted by Gasteiger charge is -2.05. The lowest BCUT2D eigenvalue weighted by atomic mass is 10.3. The summed E-state index contributed by atoms with van der Waals surface area (Å²) in [5.74, 6) is 1.37. The molecule has 2 aromatic heterocycles. The fourth-order valence-electron chi connectivity index (χ4n) is 1.55. The van der Waals surface area contributed by atoms with Gasteiger partial charge in [-0.15, -0.1) is 0 Å². The van der Waals surface area contributed by atoms with Crippen molar-refractivity contribution in [1.82, 2.24) is 15.5 Å². The SMILES string of the molecule is Cc1cc(NCCC(=O)NCc2cccnc2)no1. The highest BCUT2D eigenvalue weighted by Gasteiger charge is 2.03. The highest BCUT2D eigenvalue weighted by molar-refractivity contribution is 5.76. The van der Waals surface area contributed by atoms with Crippen LogP contribution >= 0.6 is 0 Å². The van der Waals surface area contributed by atoms with Crippen molar-refractivity contribution in [3.05, 3.63) is 41.9 Å². The predicted octanol–water partition coefficient (Wildman–Crippen LogP) is 1.50. The van der Waals surface area contributed by atoms with Crippen LogP contribution in [0.4, 0.5) is 5.82 Å². The molecule has 0 aliphatic rings. The summed E-state index contributed by atoms with van der Waals surface area (Å²) in [6, 6.07) is 5.55. The van der Waals surface area contributed by atoms with Gasteiger partial charge in [-0.3, -0.25) is 9.78 Å². The Morgan fingerprint density at radius 1 is 1.47 bits per heavy atom. The van der Waals surface area contributed by atoms with E-state index in [9.17, 15) is 4.79 Å². The zero-order valence-electron chi connectivity index (χ0n) is 10.7. The molecule has 1 amide bonds. The fourth-order valence-corrected chi connectivity index (χ4v) is 1.55. The first-order chi connectivity index (χ1) is 9.24. The fraction of sp³-hybridized carbons (Fsp3) is 0.308. The molecule has 0 saturated heterocycles. The number of rotatable bonds is 6.